The molecule has 2 amide bonds. The van der Waals surface area contributed by atoms with Crippen molar-refractivity contribution in [1.29, 1.82) is 0 Å². The second-order valence-electron chi connectivity index (χ2n) is 5.08. The fourth-order valence-corrected chi connectivity index (χ4v) is 3.96. The number of nitrogens with zero attached hydrogens (tertiary/aromatic N) is 1. The lowest BCUT2D eigenvalue weighted by Crippen LogP contribution is -2.44. The van der Waals surface area contributed by atoms with Crippen molar-refractivity contribution in [2.45, 2.75) is 18.9 Å². The molecule has 0 unspecified atom stereocenters. The highest BCUT2D eigenvalue weighted by atomic mass is 35.5. The molecule has 0 saturated carbocycles. The van der Waals surface area contributed by atoms with E-state index >= 15 is 0 Å². The normalized spacial score (nSPS) is 17.2. The van der Waals surface area contributed by atoms with E-state index in [0.717, 1.165) is 16.7 Å². The van der Waals surface area contributed by atoms with Gasteiger partial charge in [0.05, 0.1) is 4.91 Å². The molecule has 1 aliphatic heterocycles. The molecule has 1 saturated heterocycles. The van der Waals surface area contributed by atoms with Crippen molar-refractivity contribution < 1.29 is 19.5 Å². The Balaban J connectivity index is 2.30. The summed E-state index contributed by atoms with van der Waals surface area (Å²) >= 11 is 18.0. The van der Waals surface area contributed by atoms with E-state index in [2.05, 4.69) is 0 Å². The molecular formula is C15H12Cl2N2O4S2. The van der Waals surface area contributed by atoms with Gasteiger partial charge in [-0.3, -0.25) is 14.5 Å². The van der Waals surface area contributed by atoms with Gasteiger partial charge in [0.1, 0.15) is 10.4 Å². The number of carboxylic acid groups (broad SMARTS) is 1. The first-order valence-corrected chi connectivity index (χ1v) is 8.92. The largest absolute Gasteiger partial charge is 0.480 e. The molecule has 0 radical (unpaired) electrons. The Labute approximate surface area is 162 Å². The summed E-state index contributed by atoms with van der Waals surface area (Å²) in [6.07, 6.45) is 1.23. The molecule has 0 bridgehead atoms. The number of nitrogens with two attached hydrogens (primary N) is 1. The number of carboxylic acids is 1. The number of carbonyl (C=O) groups is 3. The van der Waals surface area contributed by atoms with Crippen molar-refractivity contribution in [3.63, 3.8) is 0 Å². The van der Waals surface area contributed by atoms with Crippen molar-refractivity contribution in [3.8, 4) is 0 Å². The zero-order chi connectivity index (χ0) is 18.7. The lowest BCUT2D eigenvalue weighted by Gasteiger charge is -2.22. The number of primary amides is 1. The van der Waals surface area contributed by atoms with Gasteiger partial charge in [-0.2, -0.15) is 0 Å². The molecule has 0 aliphatic carbocycles. The summed E-state index contributed by atoms with van der Waals surface area (Å²) in [5, 5.41) is 10.2. The molecule has 1 aromatic carbocycles. The molecule has 1 aliphatic rings. The van der Waals surface area contributed by atoms with Crippen molar-refractivity contribution in [2.24, 2.45) is 5.73 Å². The predicted molar refractivity (Wildman–Crippen MR) is 101 cm³/mol. The summed E-state index contributed by atoms with van der Waals surface area (Å²) in [5.74, 6) is -2.47. The minimum atomic E-state index is -1.26. The van der Waals surface area contributed by atoms with Gasteiger partial charge in [0.15, 0.2) is 0 Å². The Hall–Kier alpha value is -1.61. The SMILES string of the molecule is NC(=O)CC[C@H](C(=O)O)N1C(=O)/C(=C/c2ccc(Cl)cc2Cl)SC1=S. The van der Waals surface area contributed by atoms with Crippen LogP contribution in [0.3, 0.4) is 0 Å². The summed E-state index contributed by atoms with van der Waals surface area (Å²) < 4.78 is 0.0956. The summed E-state index contributed by atoms with van der Waals surface area (Å²) in [6, 6.07) is 3.53. The van der Waals surface area contributed by atoms with Gasteiger partial charge >= 0.3 is 5.97 Å². The molecule has 1 atom stereocenters. The standard InChI is InChI=1S/C15H12Cl2N2O4S2/c16-8-2-1-7(9(17)6-8)5-11-13(21)19(15(24)25-11)10(14(22)23)3-4-12(18)20/h1-2,5-6,10H,3-4H2,(H2,18,20)(H,22,23)/b11-5-/t10-/m1/s1. The number of hydrogen-bond donors (Lipinski definition) is 2. The fraction of sp³-hybridized carbons (Fsp3) is 0.200. The number of thioether (sulfide) groups is 1. The Morgan fingerprint density at radius 3 is 2.64 bits per heavy atom. The van der Waals surface area contributed by atoms with Crippen LogP contribution in [0.25, 0.3) is 6.08 Å². The number of hydrogen-bond acceptors (Lipinski definition) is 5. The highest BCUT2D eigenvalue weighted by Crippen LogP contribution is 2.36. The summed E-state index contributed by atoms with van der Waals surface area (Å²) in [6.45, 7) is 0. The van der Waals surface area contributed by atoms with E-state index in [9.17, 15) is 19.5 Å². The Bertz CT molecular complexity index is 798. The van der Waals surface area contributed by atoms with Gasteiger partial charge in [-0.05, 0) is 30.2 Å². The number of halogens is 2. The van der Waals surface area contributed by atoms with Crippen LogP contribution in [0.15, 0.2) is 23.1 Å². The summed E-state index contributed by atoms with van der Waals surface area (Å²) in [7, 11) is 0. The van der Waals surface area contributed by atoms with E-state index < -0.39 is 23.8 Å². The predicted octanol–water partition coefficient (Wildman–Crippen LogP) is 2.91. The molecule has 3 N–H and O–H groups in total. The third-order valence-electron chi connectivity index (χ3n) is 3.33. The van der Waals surface area contributed by atoms with Crippen molar-refractivity contribution in [3.05, 3.63) is 38.7 Å². The second-order valence-corrected chi connectivity index (χ2v) is 7.60. The molecule has 1 aromatic rings. The lowest BCUT2D eigenvalue weighted by molar-refractivity contribution is -0.145. The average Bonchev–Trinajstić information content (AvgIpc) is 2.77. The molecule has 10 heteroatoms. The van der Waals surface area contributed by atoms with E-state index in [4.69, 9.17) is 41.2 Å². The number of amides is 2. The van der Waals surface area contributed by atoms with Gasteiger partial charge in [-0.25, -0.2) is 4.79 Å². The van der Waals surface area contributed by atoms with Crippen molar-refractivity contribution in [2.75, 3.05) is 0 Å². The molecule has 2 rings (SSSR count). The maximum atomic E-state index is 12.6. The maximum absolute atomic E-state index is 12.6. The molecule has 1 heterocycles. The molecule has 1 fully saturated rings. The highest BCUT2D eigenvalue weighted by molar-refractivity contribution is 8.26. The van der Waals surface area contributed by atoms with E-state index in [-0.39, 0.29) is 22.1 Å². The Morgan fingerprint density at radius 1 is 1.40 bits per heavy atom. The lowest BCUT2D eigenvalue weighted by atomic mass is 10.1. The first-order valence-electron chi connectivity index (χ1n) is 6.94. The van der Waals surface area contributed by atoms with Gasteiger partial charge in [-0.1, -0.05) is 53.2 Å². The summed E-state index contributed by atoms with van der Waals surface area (Å²) in [4.78, 5) is 36.2. The zero-order valence-corrected chi connectivity index (χ0v) is 15.7. The fourth-order valence-electron chi connectivity index (χ4n) is 2.15. The van der Waals surface area contributed by atoms with Gasteiger partial charge in [0.25, 0.3) is 5.91 Å². The first kappa shape index (κ1) is 19.7. The molecule has 132 valence electrons. The smallest absolute Gasteiger partial charge is 0.326 e. The number of thiocarbonyl (C=S) groups is 1. The van der Waals surface area contributed by atoms with Crippen LogP contribution in [0.2, 0.25) is 10.0 Å². The highest BCUT2D eigenvalue weighted by Gasteiger charge is 2.40. The quantitative estimate of drug-likeness (QED) is 0.543. The third-order valence-corrected chi connectivity index (χ3v) is 5.23. The van der Waals surface area contributed by atoms with Crippen LogP contribution in [0.4, 0.5) is 0 Å². The minimum absolute atomic E-state index is 0.0956. The van der Waals surface area contributed by atoms with Crippen LogP contribution in [-0.4, -0.2) is 38.2 Å². The van der Waals surface area contributed by atoms with Crippen LogP contribution in [-0.2, 0) is 14.4 Å². The van der Waals surface area contributed by atoms with Gasteiger partial charge in [-0.15, -0.1) is 0 Å². The number of aliphatic carboxylic acids is 1. The van der Waals surface area contributed by atoms with Gasteiger partial charge < -0.3 is 10.8 Å². The maximum Gasteiger partial charge on any atom is 0.326 e. The second kappa shape index (κ2) is 8.18. The molecule has 0 spiro atoms. The van der Waals surface area contributed by atoms with Crippen LogP contribution in [0.5, 0.6) is 0 Å². The van der Waals surface area contributed by atoms with Gasteiger partial charge in [0, 0.05) is 16.5 Å². The summed E-state index contributed by atoms with van der Waals surface area (Å²) in [5.41, 5.74) is 5.61. The van der Waals surface area contributed by atoms with E-state index in [1.54, 1.807) is 12.1 Å². The topological polar surface area (TPSA) is 101 Å². The van der Waals surface area contributed by atoms with E-state index in [1.165, 1.54) is 12.1 Å². The van der Waals surface area contributed by atoms with Crippen molar-refractivity contribution in [1.82, 2.24) is 4.90 Å². The minimum Gasteiger partial charge on any atom is -0.480 e. The van der Waals surface area contributed by atoms with Crippen LogP contribution < -0.4 is 5.73 Å². The van der Waals surface area contributed by atoms with E-state index in [1.807, 2.05) is 0 Å². The average molecular weight is 419 g/mol. The van der Waals surface area contributed by atoms with Crippen LogP contribution in [0, 0.1) is 0 Å². The van der Waals surface area contributed by atoms with Crippen LogP contribution >= 0.6 is 47.2 Å². The van der Waals surface area contributed by atoms with Gasteiger partial charge in [0.2, 0.25) is 5.91 Å². The number of rotatable bonds is 6. The Morgan fingerprint density at radius 2 is 2.08 bits per heavy atom. The zero-order valence-electron chi connectivity index (χ0n) is 12.6. The Kier molecular flexibility index (Phi) is 6.45. The number of carbonyl (C=O) groups excluding carboxylic acids is 2. The first-order chi connectivity index (χ1) is 11.7. The monoisotopic (exact) mass is 418 g/mol. The van der Waals surface area contributed by atoms with Crippen molar-refractivity contribution >= 4 is 75.4 Å². The molecular weight excluding hydrogens is 407 g/mol. The number of benzene rings is 1. The van der Waals surface area contributed by atoms with E-state index in [0.29, 0.717) is 15.6 Å². The molecule has 6 nitrogen and oxygen atoms in total. The molecule has 25 heavy (non-hydrogen) atoms. The third kappa shape index (κ3) is 4.72. The molecule has 0 aromatic heterocycles. The van der Waals surface area contributed by atoms with Crippen LogP contribution in [0.1, 0.15) is 18.4 Å².